The maximum atomic E-state index is 13.2. The molecule has 3 unspecified atom stereocenters. The number of nitrogens with one attached hydrogen (secondary N) is 2. The number of nitrogens with zero attached hydrogens (tertiary/aromatic N) is 1. The Balaban J connectivity index is 1.32. The van der Waals surface area contributed by atoms with Gasteiger partial charge in [0.2, 0.25) is 10.0 Å². The van der Waals surface area contributed by atoms with Crippen molar-refractivity contribution in [1.29, 1.82) is 0 Å². The predicted octanol–water partition coefficient (Wildman–Crippen LogP) is 3.87. The van der Waals surface area contributed by atoms with E-state index < -0.39 is 10.0 Å². The smallest absolute Gasteiger partial charge is 0.241 e. The highest BCUT2D eigenvalue weighted by Crippen LogP contribution is 2.57. The molecule has 172 valence electrons. The molecule has 0 aromatic heterocycles. The fraction of sp³-hybridized carbons (Fsp3) is 0.538. The Morgan fingerprint density at radius 1 is 0.969 bits per heavy atom. The molecule has 5 nitrogen and oxygen atoms in total. The molecule has 3 fully saturated rings. The number of rotatable bonds is 7. The summed E-state index contributed by atoms with van der Waals surface area (Å²) in [7, 11) is -3.59. The Bertz CT molecular complexity index is 1020. The third kappa shape index (κ3) is 4.03. The molecule has 0 radical (unpaired) electrons. The van der Waals surface area contributed by atoms with Crippen LogP contribution in [0.15, 0.2) is 59.5 Å². The summed E-state index contributed by atoms with van der Waals surface area (Å²) in [6.45, 7) is 7.46. The van der Waals surface area contributed by atoms with E-state index in [9.17, 15) is 8.42 Å². The molecule has 6 heteroatoms. The van der Waals surface area contributed by atoms with Crippen molar-refractivity contribution in [3.05, 3.63) is 65.7 Å². The topological polar surface area (TPSA) is 61.4 Å². The lowest BCUT2D eigenvalue weighted by molar-refractivity contribution is 0.0945. The molecule has 0 amide bonds. The first-order valence-corrected chi connectivity index (χ1v) is 13.5. The van der Waals surface area contributed by atoms with Crippen LogP contribution in [0.5, 0.6) is 0 Å². The lowest BCUT2D eigenvalue weighted by Crippen LogP contribution is -2.42. The largest absolute Gasteiger partial charge is 0.315 e. The van der Waals surface area contributed by atoms with Crippen LogP contribution in [-0.4, -0.2) is 46.0 Å². The third-order valence-electron chi connectivity index (χ3n) is 8.23. The number of hydrogen-bond donors (Lipinski definition) is 2. The molecule has 3 aliphatic rings. The lowest BCUT2D eigenvalue weighted by atomic mass is 9.60. The number of aryl methyl sites for hydroxylation is 1. The zero-order valence-corrected chi connectivity index (χ0v) is 19.8. The minimum atomic E-state index is -3.59. The molecular formula is C26H35N3O2S. The van der Waals surface area contributed by atoms with Gasteiger partial charge in [0.05, 0.1) is 4.90 Å². The van der Waals surface area contributed by atoms with Crippen LogP contribution < -0.4 is 10.0 Å². The van der Waals surface area contributed by atoms with E-state index in [1.165, 1.54) is 25.7 Å². The molecule has 0 bridgehead atoms. The number of hydrogen-bond acceptors (Lipinski definition) is 4. The van der Waals surface area contributed by atoms with Crippen LogP contribution in [-0.2, 0) is 10.0 Å². The Morgan fingerprint density at radius 3 is 2.22 bits per heavy atom. The molecule has 2 N–H and O–H groups in total. The maximum absolute atomic E-state index is 13.2. The van der Waals surface area contributed by atoms with E-state index in [-0.39, 0.29) is 6.04 Å². The fourth-order valence-electron chi connectivity index (χ4n) is 6.49. The van der Waals surface area contributed by atoms with Gasteiger partial charge in [-0.3, -0.25) is 0 Å². The van der Waals surface area contributed by atoms with Gasteiger partial charge < -0.3 is 10.2 Å². The summed E-state index contributed by atoms with van der Waals surface area (Å²) in [6, 6.07) is 16.9. The average molecular weight is 454 g/mol. The van der Waals surface area contributed by atoms with Crippen molar-refractivity contribution in [3.63, 3.8) is 0 Å². The van der Waals surface area contributed by atoms with E-state index in [1.54, 1.807) is 12.1 Å². The quantitative estimate of drug-likeness (QED) is 0.668. The molecule has 2 heterocycles. The molecule has 2 saturated heterocycles. The van der Waals surface area contributed by atoms with Gasteiger partial charge in [0.1, 0.15) is 0 Å². The predicted molar refractivity (Wildman–Crippen MR) is 128 cm³/mol. The molecule has 1 aliphatic carbocycles. The van der Waals surface area contributed by atoms with E-state index in [2.05, 4.69) is 14.9 Å². The van der Waals surface area contributed by atoms with E-state index >= 15 is 0 Å². The Morgan fingerprint density at radius 2 is 1.59 bits per heavy atom. The van der Waals surface area contributed by atoms with E-state index in [4.69, 9.17) is 0 Å². The SMILES string of the molecule is Cc1ccc(S(=O)(=O)NC(CCN2CC34CCCCC3(CNC4)C2)c2ccccc2)cc1. The second-order valence-electron chi connectivity index (χ2n) is 10.3. The minimum Gasteiger partial charge on any atom is -0.315 e. The van der Waals surface area contributed by atoms with E-state index in [1.807, 2.05) is 49.4 Å². The van der Waals surface area contributed by atoms with Gasteiger partial charge in [0, 0.05) is 49.6 Å². The van der Waals surface area contributed by atoms with Gasteiger partial charge in [0.15, 0.2) is 0 Å². The lowest BCUT2D eigenvalue weighted by Gasteiger charge is -2.42. The van der Waals surface area contributed by atoms with Gasteiger partial charge >= 0.3 is 0 Å². The summed E-state index contributed by atoms with van der Waals surface area (Å²) in [6.07, 6.45) is 6.13. The van der Waals surface area contributed by atoms with Crippen molar-refractivity contribution in [1.82, 2.24) is 14.9 Å². The highest BCUT2D eigenvalue weighted by atomic mass is 32.2. The summed E-state index contributed by atoms with van der Waals surface area (Å²) in [5, 5.41) is 3.69. The maximum Gasteiger partial charge on any atom is 0.241 e. The average Bonchev–Trinajstić information content (AvgIpc) is 3.31. The fourth-order valence-corrected chi connectivity index (χ4v) is 7.75. The van der Waals surface area contributed by atoms with Gasteiger partial charge in [-0.25, -0.2) is 13.1 Å². The van der Waals surface area contributed by atoms with Gasteiger partial charge in [-0.15, -0.1) is 0 Å². The molecule has 2 aromatic carbocycles. The molecule has 1 saturated carbocycles. The minimum absolute atomic E-state index is 0.238. The molecular weight excluding hydrogens is 418 g/mol. The molecule has 32 heavy (non-hydrogen) atoms. The van der Waals surface area contributed by atoms with Crippen LogP contribution in [0.1, 0.15) is 49.3 Å². The zero-order chi connectivity index (χ0) is 22.2. The first-order chi connectivity index (χ1) is 15.4. The van der Waals surface area contributed by atoms with Crippen molar-refractivity contribution >= 4 is 10.0 Å². The van der Waals surface area contributed by atoms with Gasteiger partial charge in [-0.2, -0.15) is 0 Å². The molecule has 2 aliphatic heterocycles. The molecule has 0 spiro atoms. The molecule has 3 atom stereocenters. The van der Waals surface area contributed by atoms with Crippen molar-refractivity contribution in [3.8, 4) is 0 Å². The first-order valence-electron chi connectivity index (χ1n) is 12.0. The Labute approximate surface area is 192 Å². The second kappa shape index (κ2) is 8.56. The van der Waals surface area contributed by atoms with Crippen molar-refractivity contribution in [2.24, 2.45) is 10.8 Å². The van der Waals surface area contributed by atoms with Gasteiger partial charge in [-0.05, 0) is 43.9 Å². The van der Waals surface area contributed by atoms with Gasteiger partial charge in [0.25, 0.3) is 0 Å². The molecule has 2 aromatic rings. The zero-order valence-electron chi connectivity index (χ0n) is 19.0. The highest BCUT2D eigenvalue weighted by molar-refractivity contribution is 7.89. The molecule has 5 rings (SSSR count). The van der Waals surface area contributed by atoms with Crippen LogP contribution >= 0.6 is 0 Å². The summed E-state index contributed by atoms with van der Waals surface area (Å²) in [5.41, 5.74) is 2.93. The normalized spacial score (nSPS) is 28.9. The van der Waals surface area contributed by atoms with Crippen LogP contribution in [0, 0.1) is 17.8 Å². The van der Waals surface area contributed by atoms with Crippen LogP contribution in [0.2, 0.25) is 0 Å². The van der Waals surface area contributed by atoms with Crippen LogP contribution in [0.3, 0.4) is 0 Å². The Kier molecular flexibility index (Phi) is 5.91. The summed E-state index contributed by atoms with van der Waals surface area (Å²) >= 11 is 0. The van der Waals surface area contributed by atoms with Crippen molar-refractivity contribution < 1.29 is 8.42 Å². The summed E-state index contributed by atoms with van der Waals surface area (Å²) < 4.78 is 29.3. The highest BCUT2D eigenvalue weighted by Gasteiger charge is 2.60. The number of likely N-dealkylation sites (tertiary alicyclic amines) is 1. The number of sulfonamides is 1. The Hall–Kier alpha value is -1.73. The third-order valence-corrected chi connectivity index (χ3v) is 9.72. The van der Waals surface area contributed by atoms with Crippen LogP contribution in [0.4, 0.5) is 0 Å². The van der Waals surface area contributed by atoms with Crippen LogP contribution in [0.25, 0.3) is 0 Å². The second-order valence-corrected chi connectivity index (χ2v) is 12.0. The standard InChI is InChI=1S/C26H35N3O2S/c1-21-9-11-23(12-10-21)32(30,31)28-24(22-7-3-2-4-8-22)13-16-29-19-25-14-5-6-15-26(25,20-29)18-27-17-25/h2-4,7-12,24,27-28H,5-6,13-20H2,1H3. The van der Waals surface area contributed by atoms with E-state index in [0.717, 1.165) is 50.3 Å². The van der Waals surface area contributed by atoms with E-state index in [0.29, 0.717) is 15.7 Å². The first kappa shape index (κ1) is 22.1. The summed E-state index contributed by atoms with van der Waals surface area (Å²) in [5.74, 6) is 0. The monoisotopic (exact) mass is 453 g/mol. The van der Waals surface area contributed by atoms with Crippen molar-refractivity contribution in [2.75, 3.05) is 32.7 Å². The number of benzene rings is 2. The summed E-state index contributed by atoms with van der Waals surface area (Å²) in [4.78, 5) is 2.94. The van der Waals surface area contributed by atoms with Crippen molar-refractivity contribution in [2.45, 2.75) is 50.0 Å². The van der Waals surface area contributed by atoms with Gasteiger partial charge in [-0.1, -0.05) is 60.9 Å².